The molecule has 0 bridgehead atoms. The fourth-order valence-electron chi connectivity index (χ4n) is 2.37. The van der Waals surface area contributed by atoms with E-state index in [2.05, 4.69) is 46.0 Å². The van der Waals surface area contributed by atoms with Gasteiger partial charge in [-0.1, -0.05) is 19.9 Å². The van der Waals surface area contributed by atoms with Gasteiger partial charge in [0.1, 0.15) is 5.82 Å². The van der Waals surface area contributed by atoms with Crippen LogP contribution in [0.25, 0.3) is 0 Å². The molecular formula is C16H24N4. The van der Waals surface area contributed by atoms with Gasteiger partial charge in [-0.3, -0.25) is 4.98 Å². The summed E-state index contributed by atoms with van der Waals surface area (Å²) in [5.74, 6) is 1.14. The fraction of sp³-hybridized carbons (Fsp3) is 0.500. The van der Waals surface area contributed by atoms with Crippen molar-refractivity contribution in [2.45, 2.75) is 45.7 Å². The van der Waals surface area contributed by atoms with Crippen molar-refractivity contribution in [1.82, 2.24) is 19.9 Å². The molecule has 108 valence electrons. The van der Waals surface area contributed by atoms with Crippen LogP contribution < -0.4 is 5.32 Å². The Labute approximate surface area is 121 Å². The van der Waals surface area contributed by atoms with E-state index >= 15 is 0 Å². The second kappa shape index (κ2) is 7.80. The average molecular weight is 272 g/mol. The first kappa shape index (κ1) is 14.7. The molecule has 0 fully saturated rings. The first-order valence-electron chi connectivity index (χ1n) is 7.48. The van der Waals surface area contributed by atoms with Gasteiger partial charge < -0.3 is 9.88 Å². The van der Waals surface area contributed by atoms with Crippen molar-refractivity contribution in [2.24, 2.45) is 0 Å². The van der Waals surface area contributed by atoms with Gasteiger partial charge in [0.05, 0.1) is 0 Å². The molecule has 2 aromatic heterocycles. The van der Waals surface area contributed by atoms with Crippen molar-refractivity contribution in [3.8, 4) is 0 Å². The lowest BCUT2D eigenvalue weighted by molar-refractivity contribution is 0.501. The van der Waals surface area contributed by atoms with E-state index < -0.39 is 0 Å². The zero-order chi connectivity index (χ0) is 14.2. The van der Waals surface area contributed by atoms with Crippen LogP contribution in [0.5, 0.6) is 0 Å². The first-order valence-corrected chi connectivity index (χ1v) is 7.48. The van der Waals surface area contributed by atoms with E-state index in [0.29, 0.717) is 0 Å². The summed E-state index contributed by atoms with van der Waals surface area (Å²) < 4.78 is 2.25. The van der Waals surface area contributed by atoms with Crippen LogP contribution in [0.1, 0.15) is 44.1 Å². The second-order valence-electron chi connectivity index (χ2n) is 5.03. The van der Waals surface area contributed by atoms with Gasteiger partial charge in [-0.2, -0.15) is 0 Å². The number of nitrogens with zero attached hydrogens (tertiary/aromatic N) is 3. The minimum atomic E-state index is 0.279. The van der Waals surface area contributed by atoms with Crippen molar-refractivity contribution in [3.63, 3.8) is 0 Å². The summed E-state index contributed by atoms with van der Waals surface area (Å²) in [5.41, 5.74) is 1.23. The van der Waals surface area contributed by atoms with E-state index in [1.807, 2.05) is 24.7 Å². The number of pyridine rings is 1. The lowest BCUT2D eigenvalue weighted by Crippen LogP contribution is -2.25. The van der Waals surface area contributed by atoms with Gasteiger partial charge in [0.2, 0.25) is 0 Å². The third-order valence-corrected chi connectivity index (χ3v) is 3.38. The normalized spacial score (nSPS) is 12.5. The number of aryl methyl sites for hydroxylation is 1. The Morgan fingerprint density at radius 2 is 2.15 bits per heavy atom. The predicted molar refractivity (Wildman–Crippen MR) is 81.5 cm³/mol. The molecule has 4 nitrogen and oxygen atoms in total. The zero-order valence-corrected chi connectivity index (χ0v) is 12.4. The van der Waals surface area contributed by atoms with Crippen molar-refractivity contribution >= 4 is 0 Å². The zero-order valence-electron chi connectivity index (χ0n) is 12.4. The average Bonchev–Trinajstić information content (AvgIpc) is 2.92. The third kappa shape index (κ3) is 3.90. The Bertz CT molecular complexity index is 492. The van der Waals surface area contributed by atoms with Crippen LogP contribution in [-0.4, -0.2) is 21.1 Å². The molecule has 2 aromatic rings. The number of rotatable bonds is 8. The molecule has 0 radical (unpaired) electrons. The molecule has 0 amide bonds. The molecule has 0 saturated heterocycles. The van der Waals surface area contributed by atoms with Crippen molar-refractivity contribution in [2.75, 3.05) is 6.54 Å². The Morgan fingerprint density at radius 3 is 2.85 bits per heavy atom. The molecule has 0 aliphatic rings. The van der Waals surface area contributed by atoms with Crippen LogP contribution in [0.3, 0.4) is 0 Å². The highest BCUT2D eigenvalue weighted by molar-refractivity contribution is 5.16. The van der Waals surface area contributed by atoms with Gasteiger partial charge >= 0.3 is 0 Å². The van der Waals surface area contributed by atoms with Crippen LogP contribution in [0.4, 0.5) is 0 Å². The summed E-state index contributed by atoms with van der Waals surface area (Å²) in [6, 6.07) is 4.41. The van der Waals surface area contributed by atoms with Gasteiger partial charge in [0.15, 0.2) is 0 Å². The van der Waals surface area contributed by atoms with E-state index in [1.54, 1.807) is 0 Å². The summed E-state index contributed by atoms with van der Waals surface area (Å²) >= 11 is 0. The van der Waals surface area contributed by atoms with Gasteiger partial charge in [-0.05, 0) is 31.0 Å². The lowest BCUT2D eigenvalue weighted by Gasteiger charge is -2.19. The minimum absolute atomic E-state index is 0.279. The van der Waals surface area contributed by atoms with E-state index in [-0.39, 0.29) is 6.04 Å². The van der Waals surface area contributed by atoms with Gasteiger partial charge in [-0.15, -0.1) is 0 Å². The SMILES string of the molecule is CCCNC(Cc1nccn1CCC)c1cccnc1. The number of aromatic nitrogens is 3. The molecule has 20 heavy (non-hydrogen) atoms. The molecule has 4 heteroatoms. The maximum atomic E-state index is 4.51. The molecular weight excluding hydrogens is 248 g/mol. The molecule has 2 heterocycles. The summed E-state index contributed by atoms with van der Waals surface area (Å²) in [5, 5.41) is 3.60. The molecule has 2 rings (SSSR count). The summed E-state index contributed by atoms with van der Waals surface area (Å²) in [6.45, 7) is 6.42. The first-order chi connectivity index (χ1) is 9.85. The van der Waals surface area contributed by atoms with Crippen LogP contribution in [0, 0.1) is 0 Å². The quantitative estimate of drug-likeness (QED) is 0.803. The van der Waals surface area contributed by atoms with Crippen molar-refractivity contribution in [3.05, 3.63) is 48.3 Å². The smallest absolute Gasteiger partial charge is 0.110 e. The molecule has 0 saturated carbocycles. The van der Waals surface area contributed by atoms with Crippen LogP contribution in [-0.2, 0) is 13.0 Å². The molecule has 1 unspecified atom stereocenters. The monoisotopic (exact) mass is 272 g/mol. The van der Waals surface area contributed by atoms with E-state index in [9.17, 15) is 0 Å². The highest BCUT2D eigenvalue weighted by Gasteiger charge is 2.14. The van der Waals surface area contributed by atoms with Crippen LogP contribution in [0.2, 0.25) is 0 Å². The Morgan fingerprint density at radius 1 is 1.25 bits per heavy atom. The highest BCUT2D eigenvalue weighted by Crippen LogP contribution is 2.17. The number of hydrogen-bond acceptors (Lipinski definition) is 3. The lowest BCUT2D eigenvalue weighted by atomic mass is 10.1. The molecule has 0 aromatic carbocycles. The Kier molecular flexibility index (Phi) is 5.74. The maximum absolute atomic E-state index is 4.51. The van der Waals surface area contributed by atoms with Gasteiger partial charge in [0.25, 0.3) is 0 Å². The highest BCUT2D eigenvalue weighted by atomic mass is 15.1. The summed E-state index contributed by atoms with van der Waals surface area (Å²) in [4.78, 5) is 8.75. The summed E-state index contributed by atoms with van der Waals surface area (Å²) in [7, 11) is 0. The molecule has 1 N–H and O–H groups in total. The molecule has 0 aliphatic heterocycles. The fourth-order valence-corrected chi connectivity index (χ4v) is 2.37. The second-order valence-corrected chi connectivity index (χ2v) is 5.03. The number of imidazole rings is 1. The number of nitrogens with one attached hydrogen (secondary N) is 1. The van der Waals surface area contributed by atoms with Crippen LogP contribution >= 0.6 is 0 Å². The van der Waals surface area contributed by atoms with E-state index in [0.717, 1.165) is 38.2 Å². The minimum Gasteiger partial charge on any atom is -0.335 e. The van der Waals surface area contributed by atoms with Gasteiger partial charge in [-0.25, -0.2) is 4.98 Å². The van der Waals surface area contributed by atoms with Crippen molar-refractivity contribution in [1.29, 1.82) is 0 Å². The number of hydrogen-bond donors (Lipinski definition) is 1. The van der Waals surface area contributed by atoms with Crippen molar-refractivity contribution < 1.29 is 0 Å². The largest absolute Gasteiger partial charge is 0.335 e. The third-order valence-electron chi connectivity index (χ3n) is 3.38. The standard InChI is InChI=1S/C16H24N4/c1-3-7-18-15(14-6-5-8-17-13-14)12-16-19-9-11-20(16)10-4-2/h5-6,8-9,11,13,15,18H,3-4,7,10,12H2,1-2H3. The van der Waals surface area contributed by atoms with E-state index in [1.165, 1.54) is 5.56 Å². The Balaban J connectivity index is 2.13. The van der Waals surface area contributed by atoms with E-state index in [4.69, 9.17) is 0 Å². The summed E-state index contributed by atoms with van der Waals surface area (Å²) in [6.07, 6.45) is 10.9. The van der Waals surface area contributed by atoms with Gasteiger partial charge in [0, 0.05) is 43.8 Å². The Hall–Kier alpha value is -1.68. The topological polar surface area (TPSA) is 42.7 Å². The molecule has 0 aliphatic carbocycles. The van der Waals surface area contributed by atoms with Crippen LogP contribution in [0.15, 0.2) is 36.9 Å². The molecule has 1 atom stereocenters. The molecule has 0 spiro atoms. The predicted octanol–water partition coefficient (Wildman–Crippen LogP) is 2.97. The maximum Gasteiger partial charge on any atom is 0.110 e.